The monoisotopic (exact) mass is 301 g/mol. The van der Waals surface area contributed by atoms with Crippen LogP contribution in [-0.4, -0.2) is 48.7 Å². The predicted octanol–water partition coefficient (Wildman–Crippen LogP) is 2.48. The van der Waals surface area contributed by atoms with Crippen molar-refractivity contribution in [2.24, 2.45) is 5.92 Å². The molecule has 0 bridgehead atoms. The first kappa shape index (κ1) is 18.9. The molecule has 4 nitrogen and oxygen atoms in total. The zero-order valence-corrected chi connectivity index (χ0v) is 13.7. The number of aliphatic hydroxyl groups is 2. The van der Waals surface area contributed by atoms with E-state index >= 15 is 0 Å². The zero-order valence-electron chi connectivity index (χ0n) is 13.7. The third kappa shape index (κ3) is 9.46. The molecule has 4 heteroatoms. The molecule has 0 aliphatic heterocycles. The van der Waals surface area contributed by atoms with Crippen molar-refractivity contribution in [3.8, 4) is 0 Å². The lowest BCUT2D eigenvalue weighted by Gasteiger charge is -2.17. The first-order valence-electron chi connectivity index (χ1n) is 8.88. The molecule has 3 N–H and O–H groups in total. The Morgan fingerprint density at radius 1 is 1.14 bits per heavy atom. The standard InChI is InChI=1S/C17H35NO3/c1-2-3-4-5-6-7-11-21-14-16(19)13-18-12-15-9-8-10-17(15)20/h15-20H,2-14H2,1H3. The Hall–Kier alpha value is -0.160. The van der Waals surface area contributed by atoms with Gasteiger partial charge in [0.25, 0.3) is 0 Å². The van der Waals surface area contributed by atoms with Crippen LogP contribution in [0.25, 0.3) is 0 Å². The molecule has 1 saturated carbocycles. The summed E-state index contributed by atoms with van der Waals surface area (Å²) in [5, 5.41) is 22.8. The molecule has 1 aliphatic carbocycles. The van der Waals surface area contributed by atoms with Gasteiger partial charge in [0.1, 0.15) is 0 Å². The van der Waals surface area contributed by atoms with Crippen molar-refractivity contribution >= 4 is 0 Å². The fraction of sp³-hybridized carbons (Fsp3) is 1.00. The van der Waals surface area contributed by atoms with E-state index in [0.717, 1.165) is 38.8 Å². The molecule has 1 rings (SSSR count). The molecule has 3 unspecified atom stereocenters. The van der Waals surface area contributed by atoms with Crippen LogP contribution in [0, 0.1) is 5.92 Å². The van der Waals surface area contributed by atoms with Crippen LogP contribution in [0.4, 0.5) is 0 Å². The van der Waals surface area contributed by atoms with Crippen LogP contribution in [0.1, 0.15) is 64.7 Å². The highest BCUT2D eigenvalue weighted by Crippen LogP contribution is 2.24. The zero-order chi connectivity index (χ0) is 15.3. The number of nitrogens with one attached hydrogen (secondary N) is 1. The predicted molar refractivity (Wildman–Crippen MR) is 86.4 cm³/mol. The minimum Gasteiger partial charge on any atom is -0.393 e. The molecule has 0 aromatic rings. The van der Waals surface area contributed by atoms with E-state index < -0.39 is 6.10 Å². The number of unbranched alkanes of at least 4 members (excludes halogenated alkanes) is 5. The SMILES string of the molecule is CCCCCCCCOCC(O)CNCC1CCCC1O. The Bertz CT molecular complexity index is 238. The molecular weight excluding hydrogens is 266 g/mol. The van der Waals surface area contributed by atoms with Crippen molar-refractivity contribution in [3.05, 3.63) is 0 Å². The second-order valence-electron chi connectivity index (χ2n) is 6.41. The topological polar surface area (TPSA) is 61.7 Å². The van der Waals surface area contributed by atoms with E-state index in [1.165, 1.54) is 32.1 Å². The minimum atomic E-state index is -0.441. The van der Waals surface area contributed by atoms with Crippen molar-refractivity contribution in [3.63, 3.8) is 0 Å². The van der Waals surface area contributed by atoms with Crippen LogP contribution in [0.5, 0.6) is 0 Å². The molecule has 21 heavy (non-hydrogen) atoms. The Balaban J connectivity index is 1.84. The van der Waals surface area contributed by atoms with Gasteiger partial charge in [0, 0.05) is 19.7 Å². The highest BCUT2D eigenvalue weighted by molar-refractivity contribution is 4.78. The van der Waals surface area contributed by atoms with Gasteiger partial charge in [-0.3, -0.25) is 0 Å². The average Bonchev–Trinajstić information content (AvgIpc) is 2.87. The second-order valence-corrected chi connectivity index (χ2v) is 6.41. The van der Waals surface area contributed by atoms with Crippen LogP contribution in [-0.2, 0) is 4.74 Å². The summed E-state index contributed by atoms with van der Waals surface area (Å²) >= 11 is 0. The average molecular weight is 301 g/mol. The van der Waals surface area contributed by atoms with Gasteiger partial charge in [-0.05, 0) is 25.2 Å². The smallest absolute Gasteiger partial charge is 0.0897 e. The number of hydrogen-bond donors (Lipinski definition) is 3. The van der Waals surface area contributed by atoms with Gasteiger partial charge < -0.3 is 20.3 Å². The van der Waals surface area contributed by atoms with Crippen molar-refractivity contribution in [1.82, 2.24) is 5.32 Å². The van der Waals surface area contributed by atoms with E-state index in [9.17, 15) is 10.2 Å². The lowest BCUT2D eigenvalue weighted by atomic mass is 10.1. The maximum absolute atomic E-state index is 9.81. The molecule has 0 saturated heterocycles. The van der Waals surface area contributed by atoms with Gasteiger partial charge in [-0.2, -0.15) is 0 Å². The van der Waals surface area contributed by atoms with Crippen molar-refractivity contribution in [2.75, 3.05) is 26.3 Å². The summed E-state index contributed by atoms with van der Waals surface area (Å²) in [4.78, 5) is 0. The summed E-state index contributed by atoms with van der Waals surface area (Å²) in [6.45, 7) is 4.75. The van der Waals surface area contributed by atoms with E-state index in [-0.39, 0.29) is 6.10 Å². The van der Waals surface area contributed by atoms with Crippen LogP contribution in [0.3, 0.4) is 0 Å². The molecule has 3 atom stereocenters. The first-order chi connectivity index (χ1) is 10.2. The summed E-state index contributed by atoms with van der Waals surface area (Å²) in [6.07, 6.45) is 10.1. The molecule has 0 aromatic heterocycles. The summed E-state index contributed by atoms with van der Waals surface area (Å²) in [5.74, 6) is 0.362. The number of ether oxygens (including phenoxy) is 1. The van der Waals surface area contributed by atoms with Crippen LogP contribution in [0.15, 0.2) is 0 Å². The van der Waals surface area contributed by atoms with Gasteiger partial charge in [0.05, 0.1) is 18.8 Å². The van der Waals surface area contributed by atoms with E-state index in [1.807, 2.05) is 0 Å². The summed E-state index contributed by atoms with van der Waals surface area (Å²) in [7, 11) is 0. The second kappa shape index (κ2) is 12.4. The van der Waals surface area contributed by atoms with Crippen molar-refractivity contribution in [2.45, 2.75) is 76.9 Å². The largest absolute Gasteiger partial charge is 0.393 e. The molecule has 126 valence electrons. The van der Waals surface area contributed by atoms with E-state index in [1.54, 1.807) is 0 Å². The summed E-state index contributed by atoms with van der Waals surface area (Å²) in [6, 6.07) is 0. The third-order valence-electron chi connectivity index (χ3n) is 4.36. The van der Waals surface area contributed by atoms with Gasteiger partial charge in [0.2, 0.25) is 0 Å². The highest BCUT2D eigenvalue weighted by atomic mass is 16.5. The molecule has 0 radical (unpaired) electrons. The van der Waals surface area contributed by atoms with E-state index in [0.29, 0.717) is 19.1 Å². The fourth-order valence-corrected chi connectivity index (χ4v) is 2.95. The molecule has 0 heterocycles. The number of aliphatic hydroxyl groups excluding tert-OH is 2. The molecular formula is C17H35NO3. The van der Waals surface area contributed by atoms with Gasteiger partial charge in [-0.1, -0.05) is 45.4 Å². The Labute approximate surface area is 130 Å². The van der Waals surface area contributed by atoms with Crippen LogP contribution < -0.4 is 5.32 Å². The summed E-state index contributed by atoms with van der Waals surface area (Å²) in [5.41, 5.74) is 0. The van der Waals surface area contributed by atoms with Gasteiger partial charge >= 0.3 is 0 Å². The van der Waals surface area contributed by atoms with Gasteiger partial charge in [0.15, 0.2) is 0 Å². The normalized spacial score (nSPS) is 23.6. The Kier molecular flexibility index (Phi) is 11.1. The van der Waals surface area contributed by atoms with E-state index in [4.69, 9.17) is 4.74 Å². The van der Waals surface area contributed by atoms with Gasteiger partial charge in [-0.25, -0.2) is 0 Å². The van der Waals surface area contributed by atoms with Crippen LogP contribution in [0.2, 0.25) is 0 Å². The fourth-order valence-electron chi connectivity index (χ4n) is 2.95. The number of hydrogen-bond acceptors (Lipinski definition) is 4. The molecule has 1 aliphatic rings. The molecule has 1 fully saturated rings. The lowest BCUT2D eigenvalue weighted by Crippen LogP contribution is -2.35. The van der Waals surface area contributed by atoms with Gasteiger partial charge in [-0.15, -0.1) is 0 Å². The highest BCUT2D eigenvalue weighted by Gasteiger charge is 2.24. The lowest BCUT2D eigenvalue weighted by molar-refractivity contribution is 0.0340. The van der Waals surface area contributed by atoms with Crippen molar-refractivity contribution in [1.29, 1.82) is 0 Å². The molecule has 0 aromatic carbocycles. The van der Waals surface area contributed by atoms with E-state index in [2.05, 4.69) is 12.2 Å². The quantitative estimate of drug-likeness (QED) is 0.457. The third-order valence-corrected chi connectivity index (χ3v) is 4.36. The maximum atomic E-state index is 9.81. The minimum absolute atomic E-state index is 0.154. The molecule has 0 amide bonds. The maximum Gasteiger partial charge on any atom is 0.0897 e. The first-order valence-corrected chi connectivity index (χ1v) is 8.88. The summed E-state index contributed by atoms with van der Waals surface area (Å²) < 4.78 is 5.51. The molecule has 0 spiro atoms. The number of rotatable bonds is 13. The Morgan fingerprint density at radius 2 is 1.90 bits per heavy atom. The van der Waals surface area contributed by atoms with Crippen LogP contribution >= 0.6 is 0 Å². The van der Waals surface area contributed by atoms with Crippen molar-refractivity contribution < 1.29 is 14.9 Å². The Morgan fingerprint density at radius 3 is 2.62 bits per heavy atom.